The van der Waals surface area contributed by atoms with Crippen LogP contribution >= 0.6 is 11.3 Å². The normalized spacial score (nSPS) is 14.3. The number of hydrogen-bond donors (Lipinski definition) is 1. The molecule has 4 rings (SSSR count). The van der Waals surface area contributed by atoms with Crippen molar-refractivity contribution >= 4 is 38.5 Å². The molecule has 0 unspecified atom stereocenters. The van der Waals surface area contributed by atoms with E-state index in [2.05, 4.69) is 36.5 Å². The third-order valence-electron chi connectivity index (χ3n) is 6.88. The number of hydrogen-bond acceptors (Lipinski definition) is 5. The Hall–Kier alpha value is -2.64. The average molecular weight is 511 g/mol. The predicted molar refractivity (Wildman–Crippen MR) is 146 cm³/mol. The highest BCUT2D eigenvalue weighted by Gasteiger charge is 2.24. The van der Waals surface area contributed by atoms with Crippen molar-refractivity contribution in [1.82, 2.24) is 0 Å². The zero-order valence-electron chi connectivity index (χ0n) is 21.2. The maximum atomic E-state index is 13.5. The second-order valence-corrected chi connectivity index (χ2v) is 12.2. The molecule has 35 heavy (non-hydrogen) atoms. The summed E-state index contributed by atoms with van der Waals surface area (Å²) in [7, 11) is -3.80. The van der Waals surface area contributed by atoms with E-state index in [0.717, 1.165) is 35.3 Å². The molecule has 1 fully saturated rings. The molecule has 0 atom stereocenters. The number of aryl methyl sites for hydroxylation is 4. The fourth-order valence-corrected chi connectivity index (χ4v) is 7.39. The molecule has 186 valence electrons. The summed E-state index contributed by atoms with van der Waals surface area (Å²) in [5, 5.41) is 1.76. The first kappa shape index (κ1) is 25.5. The third-order valence-corrected chi connectivity index (χ3v) is 9.36. The molecule has 0 saturated carbocycles. The number of sulfonamides is 1. The van der Waals surface area contributed by atoms with Crippen LogP contribution in [0.15, 0.2) is 40.6 Å². The molecule has 1 aromatic heterocycles. The molecule has 3 aromatic rings. The lowest BCUT2D eigenvalue weighted by atomic mass is 9.92. The van der Waals surface area contributed by atoms with Crippen LogP contribution in [-0.4, -0.2) is 27.3 Å². The van der Waals surface area contributed by atoms with Crippen LogP contribution in [0.4, 0.5) is 11.4 Å². The van der Waals surface area contributed by atoms with Crippen LogP contribution in [0, 0.1) is 34.6 Å². The second-order valence-electron chi connectivity index (χ2n) is 9.65. The molecular weight excluding hydrogens is 476 g/mol. The zero-order valence-corrected chi connectivity index (χ0v) is 22.8. The molecule has 0 radical (unpaired) electrons. The molecule has 1 N–H and O–H groups in total. The largest absolute Gasteiger partial charge is 0.371 e. The van der Waals surface area contributed by atoms with Gasteiger partial charge in [-0.15, -0.1) is 11.3 Å². The maximum absolute atomic E-state index is 13.5. The van der Waals surface area contributed by atoms with E-state index in [1.807, 2.05) is 13.0 Å². The van der Waals surface area contributed by atoms with Crippen LogP contribution in [0.3, 0.4) is 0 Å². The van der Waals surface area contributed by atoms with Gasteiger partial charge in [0, 0.05) is 25.2 Å². The SMILES string of the molecule is Cc1ccc(S(=O)(=O)Nc2ccsc2C(=O)Cc2c(C)cc(C)c(N3CCCCC3)c2C)c(C)c1. The zero-order chi connectivity index (χ0) is 25.3. The quantitative estimate of drug-likeness (QED) is 0.368. The summed E-state index contributed by atoms with van der Waals surface area (Å²) < 4.78 is 28.9. The van der Waals surface area contributed by atoms with E-state index >= 15 is 0 Å². The summed E-state index contributed by atoms with van der Waals surface area (Å²) >= 11 is 1.28. The lowest BCUT2D eigenvalue weighted by Gasteiger charge is -2.33. The molecule has 0 amide bonds. The first-order valence-corrected chi connectivity index (χ1v) is 14.5. The van der Waals surface area contributed by atoms with Crippen molar-refractivity contribution in [1.29, 1.82) is 0 Å². The number of thiophene rings is 1. The lowest BCUT2D eigenvalue weighted by Crippen LogP contribution is -2.31. The number of nitrogens with one attached hydrogen (secondary N) is 1. The Balaban J connectivity index is 1.61. The minimum atomic E-state index is -3.80. The Morgan fingerprint density at radius 2 is 1.66 bits per heavy atom. The number of piperidine rings is 1. The van der Waals surface area contributed by atoms with E-state index in [-0.39, 0.29) is 17.1 Å². The topological polar surface area (TPSA) is 66.5 Å². The van der Waals surface area contributed by atoms with Gasteiger partial charge in [0.2, 0.25) is 0 Å². The van der Waals surface area contributed by atoms with Gasteiger partial charge < -0.3 is 4.90 Å². The molecular formula is C28H34N2O3S2. The van der Waals surface area contributed by atoms with Gasteiger partial charge in [0.25, 0.3) is 10.0 Å². The first-order valence-electron chi connectivity index (χ1n) is 12.1. The maximum Gasteiger partial charge on any atom is 0.262 e. The summed E-state index contributed by atoms with van der Waals surface area (Å²) in [5.41, 5.74) is 7.82. The minimum Gasteiger partial charge on any atom is -0.371 e. The van der Waals surface area contributed by atoms with Crippen molar-refractivity contribution in [3.05, 3.63) is 74.0 Å². The monoisotopic (exact) mass is 510 g/mol. The fourth-order valence-electron chi connectivity index (χ4n) is 5.24. The predicted octanol–water partition coefficient (Wildman–Crippen LogP) is 6.51. The summed E-state index contributed by atoms with van der Waals surface area (Å²) in [6, 6.07) is 9.09. The van der Waals surface area contributed by atoms with Crippen LogP contribution in [-0.2, 0) is 16.4 Å². The summed E-state index contributed by atoms with van der Waals surface area (Å²) in [4.78, 5) is 16.6. The van der Waals surface area contributed by atoms with Crippen LogP contribution < -0.4 is 9.62 Å². The van der Waals surface area contributed by atoms with Crippen molar-refractivity contribution < 1.29 is 13.2 Å². The number of Topliss-reactive ketones (excluding diaryl/α,β-unsaturated/α-hetero) is 1. The van der Waals surface area contributed by atoms with Crippen molar-refractivity contribution in [3.8, 4) is 0 Å². The Morgan fingerprint density at radius 1 is 0.943 bits per heavy atom. The molecule has 7 heteroatoms. The van der Waals surface area contributed by atoms with Gasteiger partial charge in [0.1, 0.15) is 0 Å². The van der Waals surface area contributed by atoms with Gasteiger partial charge in [-0.1, -0.05) is 23.8 Å². The van der Waals surface area contributed by atoms with E-state index in [9.17, 15) is 13.2 Å². The Kier molecular flexibility index (Phi) is 7.38. The van der Waals surface area contributed by atoms with Crippen LogP contribution in [0.2, 0.25) is 0 Å². The van der Waals surface area contributed by atoms with Gasteiger partial charge in [-0.25, -0.2) is 8.42 Å². The van der Waals surface area contributed by atoms with Crippen molar-refractivity contribution in [2.45, 2.75) is 65.2 Å². The van der Waals surface area contributed by atoms with Crippen LogP contribution in [0.25, 0.3) is 0 Å². The van der Waals surface area contributed by atoms with Gasteiger partial charge in [-0.05, 0) is 99.2 Å². The average Bonchev–Trinajstić information content (AvgIpc) is 3.24. The highest BCUT2D eigenvalue weighted by Crippen LogP contribution is 2.34. The Morgan fingerprint density at radius 3 is 2.34 bits per heavy atom. The van der Waals surface area contributed by atoms with Gasteiger partial charge >= 0.3 is 0 Å². The van der Waals surface area contributed by atoms with Crippen molar-refractivity contribution in [2.75, 3.05) is 22.7 Å². The number of carbonyl (C=O) groups excluding carboxylic acids is 1. The minimum absolute atomic E-state index is 0.0713. The molecule has 2 heterocycles. The van der Waals surface area contributed by atoms with Gasteiger partial charge in [0.05, 0.1) is 15.5 Å². The third kappa shape index (κ3) is 5.31. The fraction of sp³-hybridized carbons (Fsp3) is 0.393. The van der Waals surface area contributed by atoms with E-state index in [1.165, 1.54) is 41.9 Å². The number of rotatable bonds is 7. The number of anilines is 2. The van der Waals surface area contributed by atoms with Crippen LogP contribution in [0.1, 0.15) is 62.3 Å². The molecule has 5 nitrogen and oxygen atoms in total. The molecule has 0 aliphatic carbocycles. The number of nitrogens with zero attached hydrogens (tertiary/aromatic N) is 1. The van der Waals surface area contributed by atoms with Crippen molar-refractivity contribution in [2.24, 2.45) is 0 Å². The van der Waals surface area contributed by atoms with Gasteiger partial charge in [0.15, 0.2) is 5.78 Å². The molecule has 1 saturated heterocycles. The summed E-state index contributed by atoms with van der Waals surface area (Å²) in [6.07, 6.45) is 3.91. The van der Waals surface area contributed by atoms with Gasteiger partial charge in [-0.3, -0.25) is 9.52 Å². The number of benzene rings is 2. The Bertz CT molecular complexity index is 1370. The van der Waals surface area contributed by atoms with E-state index < -0.39 is 10.0 Å². The number of ketones is 1. The van der Waals surface area contributed by atoms with E-state index in [4.69, 9.17) is 0 Å². The highest BCUT2D eigenvalue weighted by atomic mass is 32.2. The lowest BCUT2D eigenvalue weighted by molar-refractivity contribution is 0.0997. The van der Waals surface area contributed by atoms with Gasteiger partial charge in [-0.2, -0.15) is 0 Å². The molecule has 0 spiro atoms. The second kappa shape index (κ2) is 10.2. The molecule has 1 aliphatic heterocycles. The standard InChI is InChI=1S/C28H34N2O3S2/c1-18-9-10-26(20(3)15-18)35(32,33)29-24-11-14-34-28(24)25(31)17-23-19(2)16-21(4)27(22(23)5)30-12-7-6-8-13-30/h9-11,14-16,29H,6-8,12-13,17H2,1-5H3. The smallest absolute Gasteiger partial charge is 0.262 e. The first-order chi connectivity index (χ1) is 16.6. The highest BCUT2D eigenvalue weighted by molar-refractivity contribution is 7.92. The van der Waals surface area contributed by atoms with Crippen LogP contribution in [0.5, 0.6) is 0 Å². The molecule has 2 aromatic carbocycles. The molecule has 0 bridgehead atoms. The van der Waals surface area contributed by atoms with E-state index in [1.54, 1.807) is 30.5 Å². The summed E-state index contributed by atoms with van der Waals surface area (Å²) in [5.74, 6) is -0.0713. The van der Waals surface area contributed by atoms with Crippen molar-refractivity contribution in [3.63, 3.8) is 0 Å². The number of carbonyl (C=O) groups is 1. The Labute approximate surface area is 213 Å². The summed E-state index contributed by atoms with van der Waals surface area (Å²) in [6.45, 7) is 12.1. The van der Waals surface area contributed by atoms with E-state index in [0.29, 0.717) is 16.1 Å². The molecule has 1 aliphatic rings.